The molecule has 2 heterocycles. The first-order valence-electron chi connectivity index (χ1n) is 8.55. The molecule has 3 N–H and O–H groups in total. The molecule has 26 heavy (non-hydrogen) atoms. The van der Waals surface area contributed by atoms with E-state index in [1.54, 1.807) is 29.2 Å². The van der Waals surface area contributed by atoms with E-state index in [0.29, 0.717) is 42.4 Å². The van der Waals surface area contributed by atoms with E-state index >= 15 is 0 Å². The van der Waals surface area contributed by atoms with Crippen molar-refractivity contribution in [2.24, 2.45) is 5.73 Å². The van der Waals surface area contributed by atoms with Gasteiger partial charge in [-0.25, -0.2) is 0 Å². The highest BCUT2D eigenvalue weighted by Gasteiger charge is 2.29. The number of hydrogen-bond donors (Lipinski definition) is 2. The van der Waals surface area contributed by atoms with Crippen LogP contribution in [0.5, 0.6) is 0 Å². The fourth-order valence-corrected chi connectivity index (χ4v) is 3.37. The Kier molecular flexibility index (Phi) is 7.32. The minimum atomic E-state index is -0.148. The molecule has 1 unspecified atom stereocenters. The Morgan fingerprint density at radius 1 is 1.31 bits per heavy atom. The Morgan fingerprint density at radius 2 is 2.12 bits per heavy atom. The zero-order chi connectivity index (χ0) is 17.8. The maximum absolute atomic E-state index is 12.9. The molecule has 0 aliphatic carbocycles. The molecule has 0 bridgehead atoms. The van der Waals surface area contributed by atoms with Gasteiger partial charge < -0.3 is 20.4 Å². The fourth-order valence-electron chi connectivity index (χ4n) is 3.19. The molecule has 0 spiro atoms. The number of carbonyl (C=O) groups excluding carboxylic acids is 2. The number of halogens is 2. The van der Waals surface area contributed by atoms with Gasteiger partial charge in [0.25, 0.3) is 5.91 Å². The van der Waals surface area contributed by atoms with Crippen molar-refractivity contribution in [2.75, 3.05) is 19.6 Å². The standard InChI is InChI=1S/C18H22ClN3O3.ClH/c19-13-4-5-15-12(9-13)10-16(25-15)18(24)22-8-2-1-3-14(22)11-21-17(23)6-7-20;/h4-5,9-10,14H,1-3,6-8,11,20H2,(H,21,23);1H. The Balaban J connectivity index is 0.00000243. The van der Waals surface area contributed by atoms with Gasteiger partial charge in [0.1, 0.15) is 5.58 Å². The van der Waals surface area contributed by atoms with E-state index in [4.69, 9.17) is 21.8 Å². The lowest BCUT2D eigenvalue weighted by Gasteiger charge is -2.35. The molecule has 1 aliphatic heterocycles. The van der Waals surface area contributed by atoms with Gasteiger partial charge in [-0.05, 0) is 43.5 Å². The van der Waals surface area contributed by atoms with Crippen molar-refractivity contribution >= 4 is 46.8 Å². The van der Waals surface area contributed by atoms with Crippen LogP contribution in [0.1, 0.15) is 36.2 Å². The fraction of sp³-hybridized carbons (Fsp3) is 0.444. The third-order valence-corrected chi connectivity index (χ3v) is 4.72. The third-order valence-electron chi connectivity index (χ3n) is 4.48. The van der Waals surface area contributed by atoms with Crippen molar-refractivity contribution in [3.8, 4) is 0 Å². The highest BCUT2D eigenvalue weighted by Crippen LogP contribution is 2.26. The van der Waals surface area contributed by atoms with Crippen LogP contribution in [0, 0.1) is 0 Å². The van der Waals surface area contributed by atoms with Crippen LogP contribution in [0.15, 0.2) is 28.7 Å². The molecule has 8 heteroatoms. The highest BCUT2D eigenvalue weighted by molar-refractivity contribution is 6.31. The Hall–Kier alpha value is -1.76. The van der Waals surface area contributed by atoms with Crippen molar-refractivity contribution in [1.29, 1.82) is 0 Å². The summed E-state index contributed by atoms with van der Waals surface area (Å²) in [7, 11) is 0. The molecule has 2 aromatic rings. The molecule has 1 fully saturated rings. The molecule has 1 aromatic carbocycles. The lowest BCUT2D eigenvalue weighted by Crippen LogP contribution is -2.49. The van der Waals surface area contributed by atoms with Gasteiger partial charge in [-0.2, -0.15) is 0 Å². The second kappa shape index (κ2) is 9.26. The molecule has 0 saturated carbocycles. The van der Waals surface area contributed by atoms with Crippen molar-refractivity contribution in [2.45, 2.75) is 31.7 Å². The summed E-state index contributed by atoms with van der Waals surface area (Å²) in [5, 5.41) is 4.27. The summed E-state index contributed by atoms with van der Waals surface area (Å²) >= 11 is 5.99. The van der Waals surface area contributed by atoms with Gasteiger partial charge in [-0.3, -0.25) is 9.59 Å². The Labute approximate surface area is 163 Å². The van der Waals surface area contributed by atoms with E-state index in [-0.39, 0.29) is 30.3 Å². The van der Waals surface area contributed by atoms with Crippen LogP contribution in [-0.2, 0) is 4.79 Å². The topological polar surface area (TPSA) is 88.6 Å². The maximum atomic E-state index is 12.9. The number of nitrogens with zero attached hydrogens (tertiary/aromatic N) is 1. The zero-order valence-corrected chi connectivity index (χ0v) is 15.9. The summed E-state index contributed by atoms with van der Waals surface area (Å²) in [5.41, 5.74) is 6.03. The van der Waals surface area contributed by atoms with E-state index in [9.17, 15) is 9.59 Å². The Morgan fingerprint density at radius 3 is 2.88 bits per heavy atom. The normalized spacial score (nSPS) is 17.0. The first-order chi connectivity index (χ1) is 12.1. The molecule has 1 atom stereocenters. The number of rotatable bonds is 5. The van der Waals surface area contributed by atoms with E-state index in [1.165, 1.54) is 0 Å². The molecule has 1 saturated heterocycles. The molecule has 2 amide bonds. The number of hydrogen-bond acceptors (Lipinski definition) is 4. The second-order valence-corrected chi connectivity index (χ2v) is 6.72. The summed E-state index contributed by atoms with van der Waals surface area (Å²) in [6.07, 6.45) is 3.15. The number of benzene rings is 1. The first-order valence-corrected chi connectivity index (χ1v) is 8.93. The summed E-state index contributed by atoms with van der Waals surface area (Å²) in [6.45, 7) is 1.42. The summed E-state index contributed by atoms with van der Waals surface area (Å²) < 4.78 is 5.70. The number of fused-ring (bicyclic) bond motifs is 1. The average Bonchev–Trinajstić information content (AvgIpc) is 3.03. The number of piperidine rings is 1. The van der Waals surface area contributed by atoms with E-state index in [0.717, 1.165) is 24.6 Å². The van der Waals surface area contributed by atoms with Gasteiger partial charge in [0, 0.05) is 42.5 Å². The van der Waals surface area contributed by atoms with Gasteiger partial charge in [0.15, 0.2) is 5.76 Å². The minimum Gasteiger partial charge on any atom is -0.451 e. The second-order valence-electron chi connectivity index (χ2n) is 6.28. The van der Waals surface area contributed by atoms with Gasteiger partial charge >= 0.3 is 0 Å². The number of nitrogens with two attached hydrogens (primary N) is 1. The molecule has 1 aromatic heterocycles. The molecule has 0 radical (unpaired) electrons. The van der Waals surface area contributed by atoms with Crippen LogP contribution in [0.3, 0.4) is 0 Å². The van der Waals surface area contributed by atoms with Gasteiger partial charge in [-0.1, -0.05) is 11.6 Å². The quantitative estimate of drug-likeness (QED) is 0.808. The molecular formula is C18H23Cl2N3O3. The van der Waals surface area contributed by atoms with Crippen LogP contribution in [0.2, 0.25) is 5.02 Å². The largest absolute Gasteiger partial charge is 0.451 e. The van der Waals surface area contributed by atoms with Crippen LogP contribution in [-0.4, -0.2) is 42.4 Å². The smallest absolute Gasteiger partial charge is 0.289 e. The van der Waals surface area contributed by atoms with E-state index in [2.05, 4.69) is 5.32 Å². The van der Waals surface area contributed by atoms with E-state index < -0.39 is 0 Å². The number of furan rings is 1. The van der Waals surface area contributed by atoms with E-state index in [1.807, 2.05) is 0 Å². The first kappa shape index (κ1) is 20.6. The molecular weight excluding hydrogens is 377 g/mol. The van der Waals surface area contributed by atoms with Gasteiger partial charge in [0.2, 0.25) is 5.91 Å². The summed E-state index contributed by atoms with van der Waals surface area (Å²) in [4.78, 5) is 26.4. The number of amides is 2. The van der Waals surface area contributed by atoms with Gasteiger partial charge in [0.05, 0.1) is 0 Å². The molecule has 142 valence electrons. The molecule has 1 aliphatic rings. The number of carbonyl (C=O) groups is 2. The number of nitrogens with one attached hydrogen (secondary N) is 1. The lowest BCUT2D eigenvalue weighted by atomic mass is 10.0. The SMILES string of the molecule is Cl.NCCC(=O)NCC1CCCCN1C(=O)c1cc2cc(Cl)ccc2o1. The van der Waals surface area contributed by atoms with Crippen molar-refractivity contribution in [3.05, 3.63) is 35.0 Å². The third kappa shape index (κ3) is 4.69. The summed E-state index contributed by atoms with van der Waals surface area (Å²) in [6, 6.07) is 6.97. The van der Waals surface area contributed by atoms with Crippen molar-refractivity contribution < 1.29 is 14.0 Å². The highest BCUT2D eigenvalue weighted by atomic mass is 35.5. The predicted molar refractivity (Wildman–Crippen MR) is 104 cm³/mol. The minimum absolute atomic E-state index is 0. The Bertz CT molecular complexity index is 778. The molecule has 3 rings (SSSR count). The monoisotopic (exact) mass is 399 g/mol. The van der Waals surface area contributed by atoms with Crippen molar-refractivity contribution in [3.63, 3.8) is 0 Å². The number of likely N-dealkylation sites (tertiary alicyclic amines) is 1. The lowest BCUT2D eigenvalue weighted by molar-refractivity contribution is -0.121. The van der Waals surface area contributed by atoms with Crippen LogP contribution in [0.4, 0.5) is 0 Å². The molecule has 6 nitrogen and oxygen atoms in total. The summed E-state index contributed by atoms with van der Waals surface area (Å²) in [5.74, 6) is 0.0707. The van der Waals surface area contributed by atoms with Gasteiger partial charge in [-0.15, -0.1) is 12.4 Å². The van der Waals surface area contributed by atoms with Crippen LogP contribution >= 0.6 is 24.0 Å². The van der Waals surface area contributed by atoms with Crippen molar-refractivity contribution in [1.82, 2.24) is 10.2 Å². The average molecular weight is 400 g/mol. The zero-order valence-electron chi connectivity index (χ0n) is 14.4. The predicted octanol–water partition coefficient (Wildman–Crippen LogP) is 2.97. The van der Waals surface area contributed by atoms with Crippen LogP contribution in [0.25, 0.3) is 11.0 Å². The van der Waals surface area contributed by atoms with Crippen LogP contribution < -0.4 is 11.1 Å². The maximum Gasteiger partial charge on any atom is 0.289 e.